The fourth-order valence-corrected chi connectivity index (χ4v) is 4.15. The molecule has 0 unspecified atom stereocenters. The van der Waals surface area contributed by atoms with Gasteiger partial charge < -0.3 is 15.1 Å². The van der Waals surface area contributed by atoms with Crippen LogP contribution < -0.4 is 5.32 Å². The number of nitrogens with zero attached hydrogens (tertiary/aromatic N) is 4. The van der Waals surface area contributed by atoms with E-state index >= 15 is 0 Å². The number of hydrogen-bond donors (Lipinski definition) is 1. The average Bonchev–Trinajstić information content (AvgIpc) is 3.15. The second kappa shape index (κ2) is 8.54. The number of hydrogen-bond acceptors (Lipinski definition) is 4. The van der Waals surface area contributed by atoms with Crippen LogP contribution in [-0.4, -0.2) is 69.5 Å². The van der Waals surface area contributed by atoms with Crippen molar-refractivity contribution in [2.45, 2.75) is 52.1 Å². The molecule has 1 aromatic heterocycles. The van der Waals surface area contributed by atoms with Gasteiger partial charge in [0.1, 0.15) is 5.69 Å². The quantitative estimate of drug-likeness (QED) is 0.831. The summed E-state index contributed by atoms with van der Waals surface area (Å²) in [7, 11) is 0. The summed E-state index contributed by atoms with van der Waals surface area (Å²) in [5, 5.41) is 7.26. The molecule has 8 nitrogen and oxygen atoms in total. The zero-order chi connectivity index (χ0) is 19.4. The topological polar surface area (TPSA) is 87.5 Å². The van der Waals surface area contributed by atoms with Gasteiger partial charge in [-0.15, -0.1) is 0 Å². The normalized spacial score (nSPS) is 24.1. The molecule has 3 rings (SSSR count). The molecule has 2 aliphatic rings. The summed E-state index contributed by atoms with van der Waals surface area (Å²) in [5.74, 6) is -0.357. The molecule has 1 saturated carbocycles. The van der Waals surface area contributed by atoms with Crippen molar-refractivity contribution in [3.8, 4) is 0 Å². The van der Waals surface area contributed by atoms with Crippen molar-refractivity contribution in [2.75, 3.05) is 26.2 Å². The van der Waals surface area contributed by atoms with Crippen molar-refractivity contribution in [3.63, 3.8) is 0 Å². The Morgan fingerprint density at radius 2 is 2.00 bits per heavy atom. The van der Waals surface area contributed by atoms with Crippen LogP contribution in [0.25, 0.3) is 0 Å². The Bertz CT molecular complexity index is 701. The standard InChI is InChI=1S/C19H29N5O3/c1-3-23-10-8-16(21-23)19(27)22-11-9-20-18(26)15-6-4-5-7-17(15)24(13-12-22)14(2)25/h8,10,15,17H,3-7,9,11-13H2,1-2H3,(H,20,26)/t15-,17+/m0/s1. The van der Waals surface area contributed by atoms with Crippen LogP contribution in [0.15, 0.2) is 12.3 Å². The first-order chi connectivity index (χ1) is 13.0. The second-order valence-corrected chi connectivity index (χ2v) is 7.31. The van der Waals surface area contributed by atoms with Gasteiger partial charge in [0, 0.05) is 51.9 Å². The van der Waals surface area contributed by atoms with Gasteiger partial charge in [0.25, 0.3) is 5.91 Å². The van der Waals surface area contributed by atoms with E-state index in [1.54, 1.807) is 33.7 Å². The summed E-state index contributed by atoms with van der Waals surface area (Å²) < 4.78 is 1.71. The summed E-state index contributed by atoms with van der Waals surface area (Å²) in [5.41, 5.74) is 0.394. The zero-order valence-electron chi connectivity index (χ0n) is 16.2. The van der Waals surface area contributed by atoms with Crippen LogP contribution in [0.4, 0.5) is 0 Å². The highest BCUT2D eigenvalue weighted by Crippen LogP contribution is 2.29. The van der Waals surface area contributed by atoms with E-state index in [0.29, 0.717) is 38.4 Å². The summed E-state index contributed by atoms with van der Waals surface area (Å²) in [4.78, 5) is 41.3. The largest absolute Gasteiger partial charge is 0.354 e. The minimum Gasteiger partial charge on any atom is -0.354 e. The van der Waals surface area contributed by atoms with Crippen LogP contribution in [0.2, 0.25) is 0 Å². The lowest BCUT2D eigenvalue weighted by atomic mass is 9.82. The molecule has 27 heavy (non-hydrogen) atoms. The summed E-state index contributed by atoms with van der Waals surface area (Å²) in [6.45, 7) is 5.93. The van der Waals surface area contributed by atoms with Crippen molar-refractivity contribution in [1.82, 2.24) is 24.9 Å². The third-order valence-electron chi connectivity index (χ3n) is 5.63. The van der Waals surface area contributed by atoms with Gasteiger partial charge in [0.2, 0.25) is 11.8 Å². The Kier molecular flexibility index (Phi) is 6.13. The van der Waals surface area contributed by atoms with Crippen LogP contribution >= 0.6 is 0 Å². The van der Waals surface area contributed by atoms with Crippen molar-refractivity contribution in [3.05, 3.63) is 18.0 Å². The Morgan fingerprint density at radius 3 is 2.70 bits per heavy atom. The maximum atomic E-state index is 12.9. The molecule has 0 aromatic carbocycles. The lowest BCUT2D eigenvalue weighted by Crippen LogP contribution is -2.55. The molecular formula is C19H29N5O3. The molecule has 0 bridgehead atoms. The van der Waals surface area contributed by atoms with Crippen LogP contribution in [0, 0.1) is 5.92 Å². The Hall–Kier alpha value is -2.38. The first kappa shape index (κ1) is 19.4. The minimum atomic E-state index is -0.166. The summed E-state index contributed by atoms with van der Waals surface area (Å²) in [6.07, 6.45) is 5.48. The number of rotatable bonds is 2. The molecule has 0 radical (unpaired) electrons. The van der Waals surface area contributed by atoms with Gasteiger partial charge in [-0.2, -0.15) is 5.10 Å². The molecular weight excluding hydrogens is 346 g/mol. The Balaban J connectivity index is 1.79. The number of carbonyl (C=O) groups is 3. The average molecular weight is 375 g/mol. The van der Waals surface area contributed by atoms with Crippen molar-refractivity contribution in [2.24, 2.45) is 5.92 Å². The number of nitrogens with one attached hydrogen (secondary N) is 1. The third kappa shape index (κ3) is 4.31. The Labute approximate surface area is 159 Å². The van der Waals surface area contributed by atoms with E-state index < -0.39 is 0 Å². The van der Waals surface area contributed by atoms with E-state index in [-0.39, 0.29) is 29.7 Å². The molecule has 0 spiro atoms. The molecule has 2 heterocycles. The number of aromatic nitrogens is 2. The molecule has 1 N–H and O–H groups in total. The highest BCUT2D eigenvalue weighted by atomic mass is 16.2. The zero-order valence-corrected chi connectivity index (χ0v) is 16.2. The van der Waals surface area contributed by atoms with Gasteiger partial charge in [-0.3, -0.25) is 19.1 Å². The van der Waals surface area contributed by atoms with E-state index in [2.05, 4.69) is 10.4 Å². The molecule has 2 atom stereocenters. The molecule has 148 valence electrons. The van der Waals surface area contributed by atoms with Crippen molar-refractivity contribution < 1.29 is 14.4 Å². The second-order valence-electron chi connectivity index (χ2n) is 7.31. The predicted octanol–water partition coefficient (Wildman–Crippen LogP) is 0.882. The molecule has 8 heteroatoms. The SMILES string of the molecule is CCn1ccc(C(=O)N2CCNC(=O)[C@H]3CCCC[C@H]3N(C(C)=O)CC2)n1. The van der Waals surface area contributed by atoms with Crippen molar-refractivity contribution >= 4 is 17.7 Å². The van der Waals surface area contributed by atoms with E-state index in [0.717, 1.165) is 25.7 Å². The van der Waals surface area contributed by atoms with Crippen LogP contribution in [0.3, 0.4) is 0 Å². The monoisotopic (exact) mass is 375 g/mol. The lowest BCUT2D eigenvalue weighted by molar-refractivity contribution is -0.137. The fraction of sp³-hybridized carbons (Fsp3) is 0.684. The number of fused-ring (bicyclic) bond motifs is 1. The van der Waals surface area contributed by atoms with E-state index in [4.69, 9.17) is 0 Å². The first-order valence-electron chi connectivity index (χ1n) is 9.89. The molecule has 3 amide bonds. The third-order valence-corrected chi connectivity index (χ3v) is 5.63. The van der Waals surface area contributed by atoms with Gasteiger partial charge in [-0.05, 0) is 25.8 Å². The summed E-state index contributed by atoms with van der Waals surface area (Å²) in [6, 6.07) is 1.63. The van der Waals surface area contributed by atoms with Gasteiger partial charge in [0.05, 0.1) is 5.92 Å². The molecule has 2 fully saturated rings. The van der Waals surface area contributed by atoms with Crippen LogP contribution in [-0.2, 0) is 16.1 Å². The molecule has 1 saturated heterocycles. The molecule has 1 aliphatic carbocycles. The first-order valence-corrected chi connectivity index (χ1v) is 9.89. The van der Waals surface area contributed by atoms with Crippen LogP contribution in [0.1, 0.15) is 50.0 Å². The number of carbonyl (C=O) groups excluding carboxylic acids is 3. The Morgan fingerprint density at radius 1 is 1.22 bits per heavy atom. The predicted molar refractivity (Wildman–Crippen MR) is 99.9 cm³/mol. The van der Waals surface area contributed by atoms with Gasteiger partial charge in [-0.1, -0.05) is 12.8 Å². The van der Waals surface area contributed by atoms with Gasteiger partial charge in [0.15, 0.2) is 0 Å². The lowest BCUT2D eigenvalue weighted by Gasteiger charge is -2.40. The maximum Gasteiger partial charge on any atom is 0.274 e. The number of aryl methyl sites for hydroxylation is 1. The van der Waals surface area contributed by atoms with E-state index in [1.807, 2.05) is 6.92 Å². The fourth-order valence-electron chi connectivity index (χ4n) is 4.15. The van der Waals surface area contributed by atoms with Gasteiger partial charge in [-0.25, -0.2) is 0 Å². The van der Waals surface area contributed by atoms with E-state index in [9.17, 15) is 14.4 Å². The molecule has 1 aromatic rings. The smallest absolute Gasteiger partial charge is 0.274 e. The maximum absolute atomic E-state index is 12.9. The highest BCUT2D eigenvalue weighted by molar-refractivity contribution is 5.92. The van der Waals surface area contributed by atoms with Gasteiger partial charge >= 0.3 is 0 Å². The number of amides is 3. The highest BCUT2D eigenvalue weighted by Gasteiger charge is 2.37. The van der Waals surface area contributed by atoms with Crippen LogP contribution in [0.5, 0.6) is 0 Å². The van der Waals surface area contributed by atoms with Crippen molar-refractivity contribution in [1.29, 1.82) is 0 Å². The molecule has 1 aliphatic heterocycles. The van der Waals surface area contributed by atoms with E-state index in [1.165, 1.54) is 0 Å². The minimum absolute atomic E-state index is 0.00416. The summed E-state index contributed by atoms with van der Waals surface area (Å²) >= 11 is 0.